The number of rotatable bonds is 5. The molecule has 0 atom stereocenters. The number of hydrogen-bond donors (Lipinski definition) is 3. The Kier molecular flexibility index (Phi) is 5.32. The average molecular weight is 285 g/mol. The molecule has 102 valence electrons. The van der Waals surface area contributed by atoms with E-state index in [-0.39, 0.29) is 35.4 Å². The normalized spacial score (nSPS) is 9.79. The summed E-state index contributed by atoms with van der Waals surface area (Å²) in [5, 5.41) is 14.1. The van der Waals surface area contributed by atoms with Crippen molar-refractivity contribution in [2.45, 2.75) is 13.3 Å². The lowest BCUT2D eigenvalue weighted by Crippen LogP contribution is -2.25. The van der Waals surface area contributed by atoms with Crippen LogP contribution in [0.5, 0.6) is 0 Å². The second kappa shape index (κ2) is 6.75. The van der Waals surface area contributed by atoms with Crippen molar-refractivity contribution in [3.8, 4) is 0 Å². The van der Waals surface area contributed by atoms with Crippen molar-refractivity contribution in [1.29, 1.82) is 0 Å². The van der Waals surface area contributed by atoms with Gasteiger partial charge in [0.25, 0.3) is 0 Å². The maximum absolute atomic E-state index is 11.5. The number of carbonyl (C=O) groups excluding carboxylic acids is 2. The van der Waals surface area contributed by atoms with Gasteiger partial charge in [-0.05, 0) is 18.2 Å². The number of benzene rings is 1. The molecule has 0 aromatic heterocycles. The summed E-state index contributed by atoms with van der Waals surface area (Å²) in [4.78, 5) is 33.0. The summed E-state index contributed by atoms with van der Waals surface area (Å²) in [7, 11) is 0. The van der Waals surface area contributed by atoms with Crippen molar-refractivity contribution in [3.63, 3.8) is 0 Å². The number of carboxylic acid groups (broad SMARTS) is 1. The van der Waals surface area contributed by atoms with Crippen LogP contribution in [-0.2, 0) is 9.59 Å². The van der Waals surface area contributed by atoms with Crippen LogP contribution in [0.2, 0.25) is 5.02 Å². The number of nitrogens with one attached hydrogen (secondary N) is 2. The molecule has 0 aliphatic rings. The molecule has 1 rings (SSSR count). The van der Waals surface area contributed by atoms with Gasteiger partial charge in [0.15, 0.2) is 0 Å². The van der Waals surface area contributed by atoms with Crippen molar-refractivity contribution in [2.24, 2.45) is 0 Å². The first-order chi connectivity index (χ1) is 8.88. The fraction of sp³-hybridized carbons (Fsp3) is 0.250. The maximum Gasteiger partial charge on any atom is 0.335 e. The van der Waals surface area contributed by atoms with Gasteiger partial charge in [0.05, 0.1) is 5.56 Å². The molecule has 0 bridgehead atoms. The Bertz CT molecular complexity index is 516. The Balaban J connectivity index is 2.63. The van der Waals surface area contributed by atoms with Crippen LogP contribution in [0.25, 0.3) is 0 Å². The molecular weight excluding hydrogens is 272 g/mol. The third-order valence-electron chi connectivity index (χ3n) is 2.15. The number of amides is 2. The highest BCUT2D eigenvalue weighted by Gasteiger charge is 2.08. The number of carboxylic acids is 1. The van der Waals surface area contributed by atoms with Gasteiger partial charge < -0.3 is 15.7 Å². The molecule has 2 amide bonds. The summed E-state index contributed by atoms with van der Waals surface area (Å²) < 4.78 is 0. The van der Waals surface area contributed by atoms with Crippen LogP contribution in [0.1, 0.15) is 23.7 Å². The van der Waals surface area contributed by atoms with Crippen LogP contribution in [0.3, 0.4) is 0 Å². The summed E-state index contributed by atoms with van der Waals surface area (Å²) in [6.07, 6.45) is 0.0918. The van der Waals surface area contributed by atoms with Gasteiger partial charge in [0.2, 0.25) is 11.8 Å². The molecule has 0 spiro atoms. The van der Waals surface area contributed by atoms with Gasteiger partial charge in [-0.3, -0.25) is 9.59 Å². The highest BCUT2D eigenvalue weighted by atomic mass is 35.5. The van der Waals surface area contributed by atoms with Crippen molar-refractivity contribution in [1.82, 2.24) is 5.32 Å². The minimum Gasteiger partial charge on any atom is -0.478 e. The van der Waals surface area contributed by atoms with E-state index >= 15 is 0 Å². The van der Waals surface area contributed by atoms with Gasteiger partial charge in [0, 0.05) is 30.6 Å². The van der Waals surface area contributed by atoms with Crippen LogP contribution in [0.15, 0.2) is 18.2 Å². The molecule has 0 radical (unpaired) electrons. The molecule has 1 aromatic rings. The van der Waals surface area contributed by atoms with E-state index in [2.05, 4.69) is 10.6 Å². The van der Waals surface area contributed by atoms with Gasteiger partial charge in [-0.15, -0.1) is 0 Å². The maximum atomic E-state index is 11.5. The monoisotopic (exact) mass is 284 g/mol. The Hall–Kier alpha value is -2.08. The predicted octanol–water partition coefficient (Wildman–Crippen LogP) is 1.50. The van der Waals surface area contributed by atoms with Crippen LogP contribution in [0, 0.1) is 0 Å². The van der Waals surface area contributed by atoms with Crippen molar-refractivity contribution in [2.75, 3.05) is 11.9 Å². The number of hydrogen-bond acceptors (Lipinski definition) is 3. The Morgan fingerprint density at radius 3 is 2.53 bits per heavy atom. The van der Waals surface area contributed by atoms with E-state index < -0.39 is 5.97 Å². The smallest absolute Gasteiger partial charge is 0.335 e. The second-order valence-corrected chi connectivity index (χ2v) is 4.25. The molecule has 3 N–H and O–H groups in total. The summed E-state index contributed by atoms with van der Waals surface area (Å²) in [6.45, 7) is 1.57. The van der Waals surface area contributed by atoms with Crippen LogP contribution < -0.4 is 10.6 Å². The Morgan fingerprint density at radius 2 is 1.95 bits per heavy atom. The van der Waals surface area contributed by atoms with Gasteiger partial charge >= 0.3 is 5.97 Å². The molecule has 7 heteroatoms. The minimum absolute atomic E-state index is 0.00957. The molecule has 0 aliphatic heterocycles. The number of anilines is 1. The van der Waals surface area contributed by atoms with Crippen molar-refractivity contribution in [3.05, 3.63) is 28.8 Å². The zero-order valence-electron chi connectivity index (χ0n) is 10.2. The lowest BCUT2D eigenvalue weighted by Gasteiger charge is -2.07. The Morgan fingerprint density at radius 1 is 1.26 bits per heavy atom. The third-order valence-corrected chi connectivity index (χ3v) is 2.37. The lowest BCUT2D eigenvalue weighted by molar-refractivity contribution is -0.119. The van der Waals surface area contributed by atoms with E-state index in [0.717, 1.165) is 0 Å². The summed E-state index contributed by atoms with van der Waals surface area (Å²) >= 11 is 5.75. The molecular formula is C12H13ClN2O4. The summed E-state index contributed by atoms with van der Waals surface area (Å²) in [5.41, 5.74) is 0.294. The van der Waals surface area contributed by atoms with E-state index in [4.69, 9.17) is 16.7 Å². The van der Waals surface area contributed by atoms with Gasteiger partial charge in [-0.25, -0.2) is 4.79 Å². The molecule has 0 saturated heterocycles. The molecule has 0 heterocycles. The highest BCUT2D eigenvalue weighted by Crippen LogP contribution is 2.19. The van der Waals surface area contributed by atoms with E-state index in [1.54, 1.807) is 0 Å². The van der Waals surface area contributed by atoms with E-state index in [9.17, 15) is 14.4 Å². The summed E-state index contributed by atoms with van der Waals surface area (Å²) in [6, 6.07) is 4.05. The number of aromatic carboxylic acids is 1. The number of halogens is 1. The average Bonchev–Trinajstić information content (AvgIpc) is 2.27. The Labute approximate surface area is 114 Å². The predicted molar refractivity (Wildman–Crippen MR) is 70.3 cm³/mol. The fourth-order valence-corrected chi connectivity index (χ4v) is 1.60. The molecule has 0 saturated carbocycles. The SMILES string of the molecule is CC(=O)NCCC(=O)Nc1cc(Cl)cc(C(=O)O)c1. The van der Waals surface area contributed by atoms with Gasteiger partial charge in [-0.1, -0.05) is 11.6 Å². The molecule has 6 nitrogen and oxygen atoms in total. The van der Waals surface area contributed by atoms with Crippen LogP contribution in [0.4, 0.5) is 5.69 Å². The van der Waals surface area contributed by atoms with Gasteiger partial charge in [-0.2, -0.15) is 0 Å². The molecule has 1 aromatic carbocycles. The largest absolute Gasteiger partial charge is 0.478 e. The molecule has 0 aliphatic carbocycles. The lowest BCUT2D eigenvalue weighted by atomic mass is 10.2. The highest BCUT2D eigenvalue weighted by molar-refractivity contribution is 6.31. The zero-order chi connectivity index (χ0) is 14.4. The standard InChI is InChI=1S/C12H13ClN2O4/c1-7(16)14-3-2-11(17)15-10-5-8(12(18)19)4-9(13)6-10/h4-6H,2-3H2,1H3,(H,14,16)(H,15,17)(H,18,19). The minimum atomic E-state index is -1.13. The molecule has 0 fully saturated rings. The zero-order valence-corrected chi connectivity index (χ0v) is 11.0. The first kappa shape index (κ1) is 15.0. The van der Waals surface area contributed by atoms with Gasteiger partial charge in [0.1, 0.15) is 0 Å². The van der Waals surface area contributed by atoms with Crippen LogP contribution >= 0.6 is 11.6 Å². The fourth-order valence-electron chi connectivity index (χ4n) is 1.36. The molecule has 19 heavy (non-hydrogen) atoms. The van der Waals surface area contributed by atoms with E-state index in [1.165, 1.54) is 25.1 Å². The van der Waals surface area contributed by atoms with Crippen LogP contribution in [-0.4, -0.2) is 29.4 Å². The first-order valence-electron chi connectivity index (χ1n) is 5.46. The summed E-state index contributed by atoms with van der Waals surface area (Å²) in [5.74, 6) is -1.69. The van der Waals surface area contributed by atoms with E-state index in [0.29, 0.717) is 5.69 Å². The second-order valence-electron chi connectivity index (χ2n) is 3.81. The number of carbonyl (C=O) groups is 3. The van der Waals surface area contributed by atoms with Crippen molar-refractivity contribution >= 4 is 35.1 Å². The third kappa shape index (κ3) is 5.39. The topological polar surface area (TPSA) is 95.5 Å². The quantitative estimate of drug-likeness (QED) is 0.763. The van der Waals surface area contributed by atoms with E-state index in [1.807, 2.05) is 0 Å². The molecule has 0 unspecified atom stereocenters. The van der Waals surface area contributed by atoms with Crippen molar-refractivity contribution < 1.29 is 19.5 Å². The first-order valence-corrected chi connectivity index (χ1v) is 5.84.